The monoisotopic (exact) mass is 337 g/mol. The number of hydrogen-bond acceptors (Lipinski definition) is 8. The van der Waals surface area contributed by atoms with Crippen LogP contribution in [0, 0.1) is 0 Å². The molecule has 0 spiro atoms. The average Bonchev–Trinajstić information content (AvgIpc) is 2.96. The van der Waals surface area contributed by atoms with Crippen LogP contribution >= 0.6 is 0 Å². The van der Waals surface area contributed by atoms with Gasteiger partial charge in [-0.05, 0) is 6.42 Å². The number of aliphatic carboxylic acids is 2. The van der Waals surface area contributed by atoms with E-state index in [0.29, 0.717) is 11.2 Å². The van der Waals surface area contributed by atoms with E-state index in [1.807, 2.05) is 0 Å². The molecular formula is C12H15N7O5. The molecule has 0 aromatic carbocycles. The molecule has 1 amide bonds. The highest BCUT2D eigenvalue weighted by Gasteiger charge is 2.21. The normalized spacial score (nSPS) is 11.8. The first kappa shape index (κ1) is 16.9. The van der Waals surface area contributed by atoms with Gasteiger partial charge in [0.25, 0.3) is 0 Å². The standard InChI is InChI=1S/C12H15N7O5/c13-12-18-9(8-10(19-12)16-4-15-8)14-3-6(20)17-5(11(23)24)1-2-7(21)22/h4-5H,1-3H2,(H,17,20)(H,21,22)(H,23,24)(H4,13,14,15,16,18,19)/t5-/m0/s1. The van der Waals surface area contributed by atoms with Gasteiger partial charge in [0.1, 0.15) is 11.6 Å². The van der Waals surface area contributed by atoms with E-state index >= 15 is 0 Å². The topological polar surface area (TPSA) is 196 Å². The number of nitrogens with two attached hydrogens (primary N) is 1. The zero-order chi connectivity index (χ0) is 17.7. The SMILES string of the molecule is Nc1nc(NCC(=O)N[C@@H](CCC(=O)O)C(=O)O)c2[nH]cnc2n1. The van der Waals surface area contributed by atoms with Crippen molar-refractivity contribution in [3.05, 3.63) is 6.33 Å². The summed E-state index contributed by atoms with van der Waals surface area (Å²) in [6, 6.07) is -1.29. The second-order valence-electron chi connectivity index (χ2n) is 4.78. The molecule has 0 fully saturated rings. The van der Waals surface area contributed by atoms with Crippen LogP contribution in [-0.4, -0.2) is 60.6 Å². The second kappa shape index (κ2) is 7.21. The molecule has 7 N–H and O–H groups in total. The van der Waals surface area contributed by atoms with Crippen LogP contribution in [0.2, 0.25) is 0 Å². The Morgan fingerprint density at radius 3 is 2.71 bits per heavy atom. The number of nitrogens with zero attached hydrogens (tertiary/aromatic N) is 3. The largest absolute Gasteiger partial charge is 0.481 e. The fourth-order valence-corrected chi connectivity index (χ4v) is 1.91. The second-order valence-corrected chi connectivity index (χ2v) is 4.78. The summed E-state index contributed by atoms with van der Waals surface area (Å²) in [5.74, 6) is -2.90. The Morgan fingerprint density at radius 2 is 2.04 bits per heavy atom. The maximum Gasteiger partial charge on any atom is 0.326 e. The van der Waals surface area contributed by atoms with Crippen LogP contribution in [0.5, 0.6) is 0 Å². The van der Waals surface area contributed by atoms with Crippen molar-refractivity contribution < 1.29 is 24.6 Å². The Bertz CT molecular complexity index is 774. The number of carbonyl (C=O) groups excluding carboxylic acids is 1. The first-order valence-corrected chi connectivity index (χ1v) is 6.81. The highest BCUT2D eigenvalue weighted by Crippen LogP contribution is 2.16. The number of fused-ring (bicyclic) bond motifs is 1. The van der Waals surface area contributed by atoms with Crippen molar-refractivity contribution in [2.45, 2.75) is 18.9 Å². The van der Waals surface area contributed by atoms with Gasteiger partial charge in [-0.15, -0.1) is 0 Å². The number of imidazole rings is 1. The van der Waals surface area contributed by atoms with Gasteiger partial charge in [-0.2, -0.15) is 9.97 Å². The molecule has 12 heteroatoms. The molecule has 2 aromatic rings. The maximum atomic E-state index is 11.9. The Hall–Kier alpha value is -3.44. The number of carboxylic acids is 2. The first-order chi connectivity index (χ1) is 11.4. The molecule has 1 atom stereocenters. The molecule has 2 rings (SSSR count). The Balaban J connectivity index is 1.97. The van der Waals surface area contributed by atoms with Crippen molar-refractivity contribution in [2.24, 2.45) is 0 Å². The number of H-pyrrole nitrogens is 1. The van der Waals surface area contributed by atoms with Gasteiger partial charge in [-0.25, -0.2) is 9.78 Å². The van der Waals surface area contributed by atoms with Gasteiger partial charge in [-0.1, -0.05) is 0 Å². The number of carbonyl (C=O) groups is 3. The summed E-state index contributed by atoms with van der Waals surface area (Å²) in [4.78, 5) is 47.9. The summed E-state index contributed by atoms with van der Waals surface area (Å²) in [5.41, 5.74) is 6.29. The number of nitrogen functional groups attached to an aromatic ring is 1. The zero-order valence-electron chi connectivity index (χ0n) is 12.3. The minimum absolute atomic E-state index is 0.0395. The predicted octanol–water partition coefficient (Wildman–Crippen LogP) is -1.22. The van der Waals surface area contributed by atoms with Crippen molar-refractivity contribution in [1.29, 1.82) is 0 Å². The number of aromatic nitrogens is 4. The molecule has 24 heavy (non-hydrogen) atoms. The van der Waals surface area contributed by atoms with Crippen LogP contribution < -0.4 is 16.4 Å². The molecule has 0 bridgehead atoms. The van der Waals surface area contributed by atoms with Crippen molar-refractivity contribution in [3.63, 3.8) is 0 Å². The van der Waals surface area contributed by atoms with E-state index in [4.69, 9.17) is 15.9 Å². The van der Waals surface area contributed by atoms with Crippen LogP contribution in [0.25, 0.3) is 11.2 Å². The van der Waals surface area contributed by atoms with Gasteiger partial charge >= 0.3 is 11.9 Å². The van der Waals surface area contributed by atoms with Crippen LogP contribution in [0.4, 0.5) is 11.8 Å². The Kier molecular flexibility index (Phi) is 5.09. The molecule has 0 saturated carbocycles. The quantitative estimate of drug-likeness (QED) is 0.339. The minimum atomic E-state index is -1.31. The van der Waals surface area contributed by atoms with Gasteiger partial charge in [0.2, 0.25) is 11.9 Å². The summed E-state index contributed by atoms with van der Waals surface area (Å²) < 4.78 is 0. The summed E-state index contributed by atoms with van der Waals surface area (Å²) in [6.07, 6.45) is 0.792. The minimum Gasteiger partial charge on any atom is -0.481 e. The molecule has 0 radical (unpaired) electrons. The highest BCUT2D eigenvalue weighted by atomic mass is 16.4. The molecule has 2 aromatic heterocycles. The van der Waals surface area contributed by atoms with Crippen molar-refractivity contribution >= 4 is 40.8 Å². The molecule has 0 aliphatic heterocycles. The first-order valence-electron chi connectivity index (χ1n) is 6.81. The van der Waals surface area contributed by atoms with Crippen molar-refractivity contribution in [1.82, 2.24) is 25.3 Å². The Labute approximate surface area is 134 Å². The summed E-state index contributed by atoms with van der Waals surface area (Å²) in [7, 11) is 0. The molecule has 2 heterocycles. The van der Waals surface area contributed by atoms with Gasteiger partial charge in [0.05, 0.1) is 12.9 Å². The fourth-order valence-electron chi connectivity index (χ4n) is 1.91. The number of amides is 1. The number of rotatable bonds is 8. The van der Waals surface area contributed by atoms with E-state index in [2.05, 4.69) is 30.6 Å². The van der Waals surface area contributed by atoms with Crippen LogP contribution in [0.3, 0.4) is 0 Å². The molecule has 0 unspecified atom stereocenters. The third-order valence-corrected chi connectivity index (χ3v) is 3.00. The number of carboxylic acid groups (broad SMARTS) is 2. The Morgan fingerprint density at radius 1 is 1.29 bits per heavy atom. The predicted molar refractivity (Wildman–Crippen MR) is 81.0 cm³/mol. The molecule has 0 saturated heterocycles. The van der Waals surface area contributed by atoms with E-state index in [0.717, 1.165) is 0 Å². The molecule has 128 valence electrons. The lowest BCUT2D eigenvalue weighted by atomic mass is 10.1. The molecule has 12 nitrogen and oxygen atoms in total. The van der Waals surface area contributed by atoms with Crippen LogP contribution in [0.1, 0.15) is 12.8 Å². The lowest BCUT2D eigenvalue weighted by Gasteiger charge is -2.14. The van der Waals surface area contributed by atoms with Gasteiger partial charge in [0.15, 0.2) is 11.5 Å². The van der Waals surface area contributed by atoms with Gasteiger partial charge in [-0.3, -0.25) is 9.59 Å². The van der Waals surface area contributed by atoms with E-state index < -0.39 is 23.9 Å². The van der Waals surface area contributed by atoms with Crippen molar-refractivity contribution in [3.8, 4) is 0 Å². The summed E-state index contributed by atoms with van der Waals surface area (Å²) in [5, 5.41) is 22.5. The summed E-state index contributed by atoms with van der Waals surface area (Å²) in [6.45, 7) is -0.290. The van der Waals surface area contributed by atoms with Gasteiger partial charge in [0, 0.05) is 6.42 Å². The van der Waals surface area contributed by atoms with E-state index in [9.17, 15) is 14.4 Å². The average molecular weight is 337 g/mol. The molecule has 0 aliphatic rings. The number of aromatic amines is 1. The molecular weight excluding hydrogens is 322 g/mol. The lowest BCUT2D eigenvalue weighted by Crippen LogP contribution is -2.43. The number of anilines is 2. The fraction of sp³-hybridized carbons (Fsp3) is 0.333. The zero-order valence-corrected chi connectivity index (χ0v) is 12.3. The number of hydrogen-bond donors (Lipinski definition) is 6. The summed E-state index contributed by atoms with van der Waals surface area (Å²) >= 11 is 0. The van der Waals surface area contributed by atoms with Crippen molar-refractivity contribution in [2.75, 3.05) is 17.6 Å². The van der Waals surface area contributed by atoms with E-state index in [-0.39, 0.29) is 31.2 Å². The van der Waals surface area contributed by atoms with Gasteiger partial charge < -0.3 is 31.6 Å². The van der Waals surface area contributed by atoms with E-state index in [1.54, 1.807) is 0 Å². The third-order valence-electron chi connectivity index (χ3n) is 3.00. The maximum absolute atomic E-state index is 11.9. The van der Waals surface area contributed by atoms with E-state index in [1.165, 1.54) is 6.33 Å². The molecule has 0 aliphatic carbocycles. The van der Waals surface area contributed by atoms with Crippen LogP contribution in [-0.2, 0) is 14.4 Å². The van der Waals surface area contributed by atoms with Crippen LogP contribution in [0.15, 0.2) is 6.33 Å². The lowest BCUT2D eigenvalue weighted by molar-refractivity contribution is -0.142. The smallest absolute Gasteiger partial charge is 0.326 e. The highest BCUT2D eigenvalue weighted by molar-refractivity contribution is 5.89. The number of nitrogens with one attached hydrogen (secondary N) is 3. The third kappa shape index (κ3) is 4.28.